The molecule has 2 aromatic heterocycles. The number of hydrogen-bond donors (Lipinski definition) is 3. The predicted octanol–water partition coefficient (Wildman–Crippen LogP) is 1.49. The summed E-state index contributed by atoms with van der Waals surface area (Å²) in [5.41, 5.74) is 3.89. The zero-order valence-electron chi connectivity index (χ0n) is 21.8. The molecule has 11 nitrogen and oxygen atoms in total. The molecule has 1 unspecified atom stereocenters. The van der Waals surface area contributed by atoms with Gasteiger partial charge in [0.1, 0.15) is 18.3 Å². The van der Waals surface area contributed by atoms with Crippen molar-refractivity contribution in [2.75, 3.05) is 13.1 Å². The maximum Gasteiger partial charge on any atom is 0.305 e. The second kappa shape index (κ2) is 10.8. The Morgan fingerprint density at radius 3 is 2.51 bits per heavy atom. The maximum absolute atomic E-state index is 11.5. The lowest BCUT2D eigenvalue weighted by Gasteiger charge is -2.39. The van der Waals surface area contributed by atoms with E-state index in [4.69, 9.17) is 24.3 Å². The molecule has 0 saturated carbocycles. The van der Waals surface area contributed by atoms with Crippen LogP contribution in [0.4, 0.5) is 0 Å². The van der Waals surface area contributed by atoms with E-state index in [1.807, 2.05) is 7.05 Å². The lowest BCUT2D eigenvalue weighted by atomic mass is 9.88. The van der Waals surface area contributed by atoms with Gasteiger partial charge in [0.25, 0.3) is 0 Å². The van der Waals surface area contributed by atoms with E-state index in [2.05, 4.69) is 11.8 Å². The highest BCUT2D eigenvalue weighted by atomic mass is 16.8. The molecule has 2 aromatic rings. The van der Waals surface area contributed by atoms with Crippen molar-refractivity contribution in [1.29, 1.82) is 0 Å². The van der Waals surface area contributed by atoms with Crippen LogP contribution in [0.3, 0.4) is 0 Å². The molecule has 37 heavy (non-hydrogen) atoms. The second-order valence-electron chi connectivity index (χ2n) is 10.4. The molecule has 204 valence electrons. The van der Waals surface area contributed by atoms with E-state index in [0.29, 0.717) is 11.5 Å². The number of aryl methyl sites for hydroxylation is 2. The third kappa shape index (κ3) is 4.95. The molecule has 0 amide bonds. The van der Waals surface area contributed by atoms with Crippen molar-refractivity contribution in [3.63, 3.8) is 0 Å². The molecule has 6 atom stereocenters. The Morgan fingerprint density at radius 2 is 1.78 bits per heavy atom. The summed E-state index contributed by atoms with van der Waals surface area (Å²) in [5.74, 6) is -0.384. The molecule has 2 aliphatic heterocycles. The van der Waals surface area contributed by atoms with Crippen LogP contribution >= 0.6 is 0 Å². The zero-order chi connectivity index (χ0) is 26.3. The molecule has 0 spiro atoms. The minimum Gasteiger partial charge on any atom is -0.444 e. The highest BCUT2D eigenvalue weighted by Gasteiger charge is 2.47. The number of ether oxygens (including phenoxy) is 3. The molecule has 2 fully saturated rings. The van der Waals surface area contributed by atoms with Crippen molar-refractivity contribution in [3.8, 4) is 5.88 Å². The summed E-state index contributed by atoms with van der Waals surface area (Å²) in [6, 6.07) is 0.251. The average molecular weight is 519 g/mol. The topological polar surface area (TPSA) is 139 Å². The standard InChI is InChI=1S/C26H38N4O7/c1-4-12-30-13-8-7-11-17(30)19-18-15-9-5-6-10-16(15)24(27-23(18)29(3)28-19)36-26-22(34)20(32)21(33)25(37-26)35-14(2)31/h17,20-22,25-26,32-34H,4-13H2,1-3H3/t17?,20-,21+,22-,25-,26+/m1/s1. The highest BCUT2D eigenvalue weighted by Crippen LogP contribution is 2.41. The van der Waals surface area contributed by atoms with Gasteiger partial charge in [0.15, 0.2) is 5.65 Å². The van der Waals surface area contributed by atoms with E-state index in [-0.39, 0.29) is 6.04 Å². The van der Waals surface area contributed by atoms with Gasteiger partial charge in [0, 0.05) is 24.9 Å². The Kier molecular flexibility index (Phi) is 7.69. The fourth-order valence-corrected chi connectivity index (χ4v) is 6.01. The van der Waals surface area contributed by atoms with E-state index in [1.54, 1.807) is 4.68 Å². The zero-order valence-corrected chi connectivity index (χ0v) is 21.8. The lowest BCUT2D eigenvalue weighted by molar-refractivity contribution is -0.324. The Hall–Kier alpha value is -2.31. The number of nitrogens with zero attached hydrogens (tertiary/aromatic N) is 4. The monoisotopic (exact) mass is 518 g/mol. The van der Waals surface area contributed by atoms with Gasteiger partial charge in [0.2, 0.25) is 18.5 Å². The maximum atomic E-state index is 11.5. The quantitative estimate of drug-likeness (QED) is 0.482. The van der Waals surface area contributed by atoms with Crippen LogP contribution in [0.5, 0.6) is 5.88 Å². The number of fused-ring (bicyclic) bond motifs is 3. The molecule has 2 saturated heterocycles. The molecule has 1 aliphatic carbocycles. The summed E-state index contributed by atoms with van der Waals surface area (Å²) >= 11 is 0. The first kappa shape index (κ1) is 26.3. The first-order valence-electron chi connectivity index (χ1n) is 13.5. The fourth-order valence-electron chi connectivity index (χ4n) is 6.01. The van der Waals surface area contributed by atoms with Crippen LogP contribution < -0.4 is 4.74 Å². The summed E-state index contributed by atoms with van der Waals surface area (Å²) in [5, 5.41) is 37.2. The first-order chi connectivity index (χ1) is 17.8. The van der Waals surface area contributed by atoms with Gasteiger partial charge in [-0.1, -0.05) is 13.3 Å². The fraction of sp³-hybridized carbons (Fsp3) is 0.731. The number of likely N-dealkylation sites (tertiary alicyclic amines) is 1. The van der Waals surface area contributed by atoms with Crippen molar-refractivity contribution in [3.05, 3.63) is 16.8 Å². The minimum absolute atomic E-state index is 0.251. The number of carbonyl (C=O) groups excluding carboxylic acids is 1. The third-order valence-electron chi connectivity index (χ3n) is 7.76. The Labute approximate surface area is 216 Å². The van der Waals surface area contributed by atoms with Gasteiger partial charge in [-0.3, -0.25) is 14.4 Å². The molecule has 3 N–H and O–H groups in total. The summed E-state index contributed by atoms with van der Waals surface area (Å²) in [7, 11) is 1.88. The van der Waals surface area contributed by atoms with E-state index >= 15 is 0 Å². The molecule has 0 radical (unpaired) electrons. The van der Waals surface area contributed by atoms with Crippen molar-refractivity contribution >= 4 is 17.0 Å². The number of hydrogen-bond acceptors (Lipinski definition) is 10. The van der Waals surface area contributed by atoms with Gasteiger partial charge in [-0.05, 0) is 63.6 Å². The number of aliphatic hydroxyl groups excluding tert-OH is 3. The predicted molar refractivity (Wildman–Crippen MR) is 133 cm³/mol. The largest absolute Gasteiger partial charge is 0.444 e. The van der Waals surface area contributed by atoms with E-state index in [9.17, 15) is 20.1 Å². The van der Waals surface area contributed by atoms with Crippen LogP contribution in [-0.2, 0) is 34.2 Å². The normalized spacial score (nSPS) is 30.8. The summed E-state index contributed by atoms with van der Waals surface area (Å²) in [6.07, 6.45) is 0.535. The van der Waals surface area contributed by atoms with Crippen LogP contribution in [0.15, 0.2) is 0 Å². The Morgan fingerprint density at radius 1 is 1.05 bits per heavy atom. The van der Waals surface area contributed by atoms with Gasteiger partial charge < -0.3 is 24.8 Å². The highest BCUT2D eigenvalue weighted by molar-refractivity contribution is 5.85. The smallest absolute Gasteiger partial charge is 0.305 e. The first-order valence-corrected chi connectivity index (χ1v) is 13.5. The molecule has 3 aliphatic rings. The number of aromatic nitrogens is 3. The summed E-state index contributed by atoms with van der Waals surface area (Å²) < 4.78 is 18.4. The van der Waals surface area contributed by atoms with Gasteiger partial charge in [-0.2, -0.15) is 10.1 Å². The lowest BCUT2D eigenvalue weighted by Crippen LogP contribution is -2.60. The van der Waals surface area contributed by atoms with Crippen LogP contribution in [0, 0.1) is 0 Å². The van der Waals surface area contributed by atoms with Crippen molar-refractivity contribution in [2.45, 2.75) is 102 Å². The van der Waals surface area contributed by atoms with Gasteiger partial charge in [0.05, 0.1) is 11.7 Å². The molecular weight excluding hydrogens is 480 g/mol. The van der Waals surface area contributed by atoms with Gasteiger partial charge >= 0.3 is 5.97 Å². The van der Waals surface area contributed by atoms with Crippen molar-refractivity contribution in [1.82, 2.24) is 19.7 Å². The van der Waals surface area contributed by atoms with E-state index < -0.39 is 36.9 Å². The second-order valence-corrected chi connectivity index (χ2v) is 10.4. The van der Waals surface area contributed by atoms with Crippen LogP contribution in [0.25, 0.3) is 11.0 Å². The molecule has 0 aromatic carbocycles. The van der Waals surface area contributed by atoms with Crippen LogP contribution in [-0.4, -0.2) is 84.9 Å². The summed E-state index contributed by atoms with van der Waals surface area (Å²) in [6.45, 7) is 5.48. The number of piperidine rings is 1. The molecule has 11 heteroatoms. The number of carbonyl (C=O) groups is 1. The average Bonchev–Trinajstić information content (AvgIpc) is 3.22. The summed E-state index contributed by atoms with van der Waals surface area (Å²) in [4.78, 5) is 18.8. The van der Waals surface area contributed by atoms with Crippen molar-refractivity contribution < 1.29 is 34.3 Å². The SMILES string of the molecule is CCCN1CCCCC1c1nn(C)c2nc(O[C@H]3O[C@@H](OC(C)=O)[C@@H](O)[C@@H](O)[C@H]3O)c3c(c12)CCCC3. The Bertz CT molecular complexity index is 1140. The number of esters is 1. The van der Waals surface area contributed by atoms with Crippen LogP contribution in [0.2, 0.25) is 0 Å². The van der Waals surface area contributed by atoms with Crippen molar-refractivity contribution in [2.24, 2.45) is 7.05 Å². The third-order valence-corrected chi connectivity index (χ3v) is 7.76. The Balaban J connectivity index is 1.54. The van der Waals surface area contributed by atoms with Gasteiger partial charge in [-0.15, -0.1) is 0 Å². The van der Waals surface area contributed by atoms with Gasteiger partial charge in [-0.25, -0.2) is 4.68 Å². The molecule has 0 bridgehead atoms. The minimum atomic E-state index is -1.62. The molecule has 5 rings (SSSR count). The van der Waals surface area contributed by atoms with Crippen LogP contribution in [0.1, 0.15) is 75.2 Å². The molecule has 4 heterocycles. The van der Waals surface area contributed by atoms with E-state index in [1.165, 1.54) is 25.3 Å². The molecular formula is C26H38N4O7. The number of aliphatic hydroxyl groups is 3. The number of rotatable bonds is 6. The number of pyridine rings is 1. The van der Waals surface area contributed by atoms with E-state index in [0.717, 1.165) is 68.3 Å².